The number of hydrogen-bond acceptors (Lipinski definition) is 3. The van der Waals surface area contributed by atoms with E-state index in [9.17, 15) is 0 Å². The highest BCUT2D eigenvalue weighted by molar-refractivity contribution is 7.81. The molecular weight excluding hydrogens is 240 g/mol. The summed E-state index contributed by atoms with van der Waals surface area (Å²) in [5.41, 5.74) is 0. The zero-order valence-electron chi connectivity index (χ0n) is 10.9. The van der Waals surface area contributed by atoms with Gasteiger partial charge in [0.25, 0.3) is 0 Å². The molecule has 0 aliphatic carbocycles. The molecule has 0 fully saturated rings. The molecule has 6 heteroatoms. The Labute approximate surface area is 110 Å². The van der Waals surface area contributed by atoms with Crippen molar-refractivity contribution in [1.82, 2.24) is 20.0 Å². The summed E-state index contributed by atoms with van der Waals surface area (Å²) in [4.78, 5) is 5.98. The standard InChI is InChI=1S/C10H22N4S2/c1-8(12(2)3)7-14(6)10(16)11-9(15)13(4)5/h8H,7H2,1-6H3,(H,11,15,16). The Hall–Kier alpha value is -0.460. The summed E-state index contributed by atoms with van der Waals surface area (Å²) in [5.74, 6) is 0. The predicted molar refractivity (Wildman–Crippen MR) is 77.8 cm³/mol. The van der Waals surface area contributed by atoms with Gasteiger partial charge in [-0.2, -0.15) is 0 Å². The third kappa shape index (κ3) is 5.58. The number of nitrogens with one attached hydrogen (secondary N) is 1. The van der Waals surface area contributed by atoms with Crippen LogP contribution in [0.5, 0.6) is 0 Å². The van der Waals surface area contributed by atoms with E-state index in [1.165, 1.54) is 0 Å². The van der Waals surface area contributed by atoms with Crippen molar-refractivity contribution in [3.63, 3.8) is 0 Å². The molecular formula is C10H22N4S2. The first-order valence-corrected chi connectivity index (χ1v) is 5.97. The summed E-state index contributed by atoms with van der Waals surface area (Å²) in [6.45, 7) is 3.03. The molecule has 0 aromatic rings. The van der Waals surface area contributed by atoms with Gasteiger partial charge in [-0.1, -0.05) is 0 Å². The Bertz CT molecular complexity index is 253. The molecule has 0 spiro atoms. The number of hydrogen-bond donors (Lipinski definition) is 1. The second kappa shape index (κ2) is 6.98. The molecule has 0 aliphatic heterocycles. The van der Waals surface area contributed by atoms with Crippen LogP contribution in [0.15, 0.2) is 0 Å². The molecule has 94 valence electrons. The quantitative estimate of drug-likeness (QED) is 0.747. The molecule has 0 aromatic carbocycles. The third-order valence-corrected chi connectivity index (χ3v) is 3.27. The zero-order valence-corrected chi connectivity index (χ0v) is 12.6. The lowest BCUT2D eigenvalue weighted by Crippen LogP contribution is -2.48. The minimum absolute atomic E-state index is 0.442. The summed E-state index contributed by atoms with van der Waals surface area (Å²) in [6, 6.07) is 0.442. The average Bonchev–Trinajstić information content (AvgIpc) is 2.16. The lowest BCUT2D eigenvalue weighted by Gasteiger charge is -2.28. The van der Waals surface area contributed by atoms with Crippen LogP contribution in [0.2, 0.25) is 0 Å². The predicted octanol–water partition coefficient (Wildman–Crippen LogP) is 0.589. The van der Waals surface area contributed by atoms with Crippen molar-refractivity contribution < 1.29 is 0 Å². The number of likely N-dealkylation sites (N-methyl/N-ethyl adjacent to an activating group) is 2. The van der Waals surface area contributed by atoms with Crippen LogP contribution in [-0.2, 0) is 0 Å². The van der Waals surface area contributed by atoms with E-state index in [1.54, 1.807) is 0 Å². The highest BCUT2D eigenvalue weighted by atomic mass is 32.1. The third-order valence-electron chi connectivity index (χ3n) is 2.39. The van der Waals surface area contributed by atoms with Crippen LogP contribution in [0.25, 0.3) is 0 Å². The summed E-state index contributed by atoms with van der Waals surface area (Å²) in [5, 5.41) is 4.31. The molecule has 0 rings (SSSR count). The fourth-order valence-corrected chi connectivity index (χ4v) is 1.27. The summed E-state index contributed by atoms with van der Waals surface area (Å²) >= 11 is 10.4. The van der Waals surface area contributed by atoms with E-state index in [-0.39, 0.29) is 0 Å². The first-order valence-electron chi connectivity index (χ1n) is 5.15. The van der Waals surface area contributed by atoms with Gasteiger partial charge in [0.2, 0.25) is 0 Å². The van der Waals surface area contributed by atoms with Gasteiger partial charge >= 0.3 is 0 Å². The molecule has 0 aliphatic rings. The molecule has 4 nitrogen and oxygen atoms in total. The van der Waals surface area contributed by atoms with E-state index in [1.807, 2.05) is 30.9 Å². The van der Waals surface area contributed by atoms with Gasteiger partial charge in [-0.05, 0) is 45.5 Å². The van der Waals surface area contributed by atoms with Gasteiger partial charge in [0.1, 0.15) is 0 Å². The SMILES string of the molecule is CC(CN(C)C(=S)NC(=S)N(C)C)N(C)C. The molecule has 0 amide bonds. The largest absolute Gasteiger partial charge is 0.355 e. The highest BCUT2D eigenvalue weighted by Gasteiger charge is 2.12. The molecule has 0 saturated carbocycles. The molecule has 16 heavy (non-hydrogen) atoms. The fourth-order valence-electron chi connectivity index (χ4n) is 0.941. The zero-order chi connectivity index (χ0) is 12.9. The van der Waals surface area contributed by atoms with Crippen LogP contribution in [0.4, 0.5) is 0 Å². The Balaban J connectivity index is 4.14. The lowest BCUT2D eigenvalue weighted by atomic mass is 10.3. The van der Waals surface area contributed by atoms with Crippen LogP contribution in [0.3, 0.4) is 0 Å². The van der Waals surface area contributed by atoms with Crippen LogP contribution >= 0.6 is 24.4 Å². The highest BCUT2D eigenvalue weighted by Crippen LogP contribution is 1.96. The summed E-state index contributed by atoms with van der Waals surface area (Å²) in [7, 11) is 9.85. The number of thiocarbonyl (C=S) groups is 2. The Morgan fingerprint density at radius 1 is 1.06 bits per heavy atom. The van der Waals surface area contributed by atoms with Gasteiger partial charge in [-0.3, -0.25) is 0 Å². The summed E-state index contributed by atoms with van der Waals surface area (Å²) < 4.78 is 0. The monoisotopic (exact) mass is 262 g/mol. The molecule has 0 aromatic heterocycles. The minimum atomic E-state index is 0.442. The molecule has 0 heterocycles. The van der Waals surface area contributed by atoms with E-state index in [0.29, 0.717) is 16.3 Å². The van der Waals surface area contributed by atoms with Gasteiger partial charge in [0.15, 0.2) is 10.2 Å². The van der Waals surface area contributed by atoms with Crippen LogP contribution in [0.1, 0.15) is 6.92 Å². The van der Waals surface area contributed by atoms with E-state index in [2.05, 4.69) is 31.2 Å². The van der Waals surface area contributed by atoms with Gasteiger partial charge in [-0.15, -0.1) is 0 Å². The van der Waals surface area contributed by atoms with E-state index >= 15 is 0 Å². The molecule has 0 saturated heterocycles. The van der Waals surface area contributed by atoms with Crippen molar-refractivity contribution >= 4 is 34.7 Å². The van der Waals surface area contributed by atoms with Gasteiger partial charge < -0.3 is 20.0 Å². The smallest absolute Gasteiger partial charge is 0.174 e. The molecule has 1 unspecified atom stereocenters. The van der Waals surface area contributed by atoms with E-state index in [0.717, 1.165) is 6.54 Å². The van der Waals surface area contributed by atoms with Gasteiger partial charge in [-0.25, -0.2) is 0 Å². The van der Waals surface area contributed by atoms with Crippen molar-refractivity contribution in [1.29, 1.82) is 0 Å². The molecule has 0 bridgehead atoms. The average molecular weight is 262 g/mol. The van der Waals surface area contributed by atoms with Crippen LogP contribution in [0, 0.1) is 0 Å². The van der Waals surface area contributed by atoms with Crippen molar-refractivity contribution in [3.8, 4) is 0 Å². The first kappa shape index (κ1) is 15.5. The Kier molecular flexibility index (Phi) is 6.78. The minimum Gasteiger partial charge on any atom is -0.355 e. The van der Waals surface area contributed by atoms with E-state index in [4.69, 9.17) is 24.4 Å². The topological polar surface area (TPSA) is 21.8 Å². The maximum absolute atomic E-state index is 5.26. The van der Waals surface area contributed by atoms with Crippen LogP contribution in [-0.4, -0.2) is 72.7 Å². The fraction of sp³-hybridized carbons (Fsp3) is 0.800. The van der Waals surface area contributed by atoms with Crippen molar-refractivity contribution in [2.75, 3.05) is 41.8 Å². The second-order valence-corrected chi connectivity index (χ2v) is 5.10. The first-order chi connectivity index (χ1) is 7.25. The molecule has 1 atom stereocenters. The lowest BCUT2D eigenvalue weighted by molar-refractivity contribution is 0.268. The summed E-state index contributed by atoms with van der Waals surface area (Å²) in [6.07, 6.45) is 0. The maximum Gasteiger partial charge on any atom is 0.174 e. The molecule has 0 radical (unpaired) electrons. The van der Waals surface area contributed by atoms with E-state index < -0.39 is 0 Å². The van der Waals surface area contributed by atoms with Gasteiger partial charge in [0.05, 0.1) is 0 Å². The Morgan fingerprint density at radius 3 is 1.94 bits per heavy atom. The number of rotatable bonds is 3. The normalized spacial score (nSPS) is 12.2. The van der Waals surface area contributed by atoms with Crippen LogP contribution < -0.4 is 5.32 Å². The molecule has 1 N–H and O–H groups in total. The van der Waals surface area contributed by atoms with Gasteiger partial charge in [0, 0.05) is 33.7 Å². The number of nitrogens with zero attached hydrogens (tertiary/aromatic N) is 3. The Morgan fingerprint density at radius 2 is 1.56 bits per heavy atom. The van der Waals surface area contributed by atoms with Crippen molar-refractivity contribution in [2.45, 2.75) is 13.0 Å². The van der Waals surface area contributed by atoms with Crippen molar-refractivity contribution in [2.24, 2.45) is 0 Å². The maximum atomic E-state index is 5.26. The second-order valence-electron chi connectivity index (χ2n) is 4.32. The van der Waals surface area contributed by atoms with Crippen molar-refractivity contribution in [3.05, 3.63) is 0 Å².